The summed E-state index contributed by atoms with van der Waals surface area (Å²) in [7, 11) is 1.90. The number of likely N-dealkylation sites (N-methyl/N-ethyl adjacent to an activating group) is 1. The Kier molecular flexibility index (Phi) is 5.26. The molecule has 1 N–H and O–H groups in total. The van der Waals surface area contributed by atoms with E-state index in [4.69, 9.17) is 4.74 Å². The van der Waals surface area contributed by atoms with Crippen LogP contribution in [-0.2, 0) is 0 Å². The first kappa shape index (κ1) is 21.4. The molecule has 5 rings (SSSR count). The molecule has 8 nitrogen and oxygen atoms in total. The maximum absolute atomic E-state index is 13.1. The molecule has 3 aromatic rings. The van der Waals surface area contributed by atoms with Crippen LogP contribution in [0.1, 0.15) is 37.8 Å². The number of fused-ring (bicyclic) bond motifs is 1. The fourth-order valence-electron chi connectivity index (χ4n) is 3.83. The summed E-state index contributed by atoms with van der Waals surface area (Å²) in [5.74, 6) is 1.41. The first-order valence-electron chi connectivity index (χ1n) is 10.7. The second-order valence-electron chi connectivity index (χ2n) is 8.34. The number of hydrogen-bond donors (Lipinski definition) is 1. The van der Waals surface area contributed by atoms with Crippen molar-refractivity contribution in [2.75, 3.05) is 23.9 Å². The number of benzene rings is 1. The van der Waals surface area contributed by atoms with Crippen molar-refractivity contribution in [2.24, 2.45) is 0 Å². The van der Waals surface area contributed by atoms with Gasteiger partial charge in [-0.15, -0.1) is 13.2 Å². The summed E-state index contributed by atoms with van der Waals surface area (Å²) in [6.45, 7) is 2.53. The maximum atomic E-state index is 13.1. The van der Waals surface area contributed by atoms with E-state index in [0.29, 0.717) is 29.8 Å². The van der Waals surface area contributed by atoms with Gasteiger partial charge in [0.1, 0.15) is 6.61 Å². The largest absolute Gasteiger partial charge is 0.573 e. The van der Waals surface area contributed by atoms with Crippen molar-refractivity contribution in [1.29, 1.82) is 0 Å². The number of nitrogens with one attached hydrogen (secondary N) is 1. The molecule has 1 unspecified atom stereocenters. The van der Waals surface area contributed by atoms with E-state index in [1.54, 1.807) is 29.1 Å². The van der Waals surface area contributed by atoms with Crippen molar-refractivity contribution in [3.05, 3.63) is 42.6 Å². The van der Waals surface area contributed by atoms with E-state index in [9.17, 15) is 13.2 Å². The molecule has 1 aliphatic heterocycles. The molecule has 1 fully saturated rings. The molecular formula is C22H23F3N6O2. The Hall–Kier alpha value is -3.50. The maximum Gasteiger partial charge on any atom is 0.573 e. The topological polar surface area (TPSA) is 77.3 Å². The number of rotatable bonds is 5. The van der Waals surface area contributed by atoms with E-state index in [0.717, 1.165) is 25.0 Å². The average molecular weight is 460 g/mol. The highest BCUT2D eigenvalue weighted by Crippen LogP contribution is 2.37. The van der Waals surface area contributed by atoms with Gasteiger partial charge in [-0.3, -0.25) is 0 Å². The lowest BCUT2D eigenvalue weighted by atomic mass is 9.83. The molecule has 1 saturated carbocycles. The van der Waals surface area contributed by atoms with Gasteiger partial charge in [0.15, 0.2) is 17.3 Å². The predicted octanol–water partition coefficient (Wildman–Crippen LogP) is 4.79. The van der Waals surface area contributed by atoms with E-state index in [-0.39, 0.29) is 23.4 Å². The standard InChI is InChI=1S/C22H23F3N6O2/c1-13-11-32-19-9-26-21(29-20(19)30(13)2)28-15-6-7-17(18(8-15)33-22(23,24)25)31-10-16(27-12-31)14-4-3-5-14/h6-10,12-14H,3-5,11H2,1-2H3,(H,26,28,29). The van der Waals surface area contributed by atoms with Crippen LogP contribution in [0.4, 0.5) is 30.6 Å². The normalized spacial score (nSPS) is 18.3. The Morgan fingerprint density at radius 1 is 1.21 bits per heavy atom. The Bertz CT molecular complexity index is 1160. The van der Waals surface area contributed by atoms with Crippen molar-refractivity contribution < 1.29 is 22.6 Å². The van der Waals surface area contributed by atoms with Gasteiger partial charge in [0.25, 0.3) is 0 Å². The van der Waals surface area contributed by atoms with Crippen molar-refractivity contribution in [1.82, 2.24) is 19.5 Å². The zero-order valence-electron chi connectivity index (χ0n) is 18.1. The van der Waals surface area contributed by atoms with Gasteiger partial charge in [-0.05, 0) is 31.9 Å². The molecule has 2 aromatic heterocycles. The van der Waals surface area contributed by atoms with Gasteiger partial charge in [-0.2, -0.15) is 4.98 Å². The lowest BCUT2D eigenvalue weighted by Gasteiger charge is -2.32. The highest BCUT2D eigenvalue weighted by Gasteiger charge is 2.33. The number of hydrogen-bond acceptors (Lipinski definition) is 7. The Morgan fingerprint density at radius 2 is 2.03 bits per heavy atom. The molecule has 0 amide bonds. The van der Waals surface area contributed by atoms with Crippen molar-refractivity contribution in [3.63, 3.8) is 0 Å². The van der Waals surface area contributed by atoms with Gasteiger partial charge in [-0.1, -0.05) is 6.42 Å². The lowest BCUT2D eigenvalue weighted by molar-refractivity contribution is -0.274. The van der Waals surface area contributed by atoms with Crippen LogP contribution in [0.3, 0.4) is 0 Å². The molecule has 0 radical (unpaired) electrons. The molecule has 1 atom stereocenters. The third-order valence-electron chi connectivity index (χ3n) is 6.06. The van der Waals surface area contributed by atoms with Crippen LogP contribution in [0.15, 0.2) is 36.9 Å². The van der Waals surface area contributed by atoms with E-state index >= 15 is 0 Å². The first-order valence-corrected chi connectivity index (χ1v) is 10.7. The van der Waals surface area contributed by atoms with Gasteiger partial charge in [0, 0.05) is 30.9 Å². The smallest absolute Gasteiger partial charge is 0.486 e. The molecule has 0 saturated heterocycles. The minimum absolute atomic E-state index is 0.131. The molecule has 1 aromatic carbocycles. The fourth-order valence-corrected chi connectivity index (χ4v) is 3.83. The Labute approximate surface area is 188 Å². The second-order valence-corrected chi connectivity index (χ2v) is 8.34. The first-order chi connectivity index (χ1) is 15.8. The van der Waals surface area contributed by atoms with E-state index in [2.05, 4.69) is 25.0 Å². The number of alkyl halides is 3. The summed E-state index contributed by atoms with van der Waals surface area (Å²) >= 11 is 0. The van der Waals surface area contributed by atoms with Crippen LogP contribution >= 0.6 is 0 Å². The highest BCUT2D eigenvalue weighted by atomic mass is 19.4. The van der Waals surface area contributed by atoms with E-state index < -0.39 is 6.36 Å². The van der Waals surface area contributed by atoms with Gasteiger partial charge < -0.3 is 24.3 Å². The number of halogens is 3. The third kappa shape index (κ3) is 4.39. The molecule has 11 heteroatoms. The van der Waals surface area contributed by atoms with Crippen molar-refractivity contribution in [3.8, 4) is 17.2 Å². The summed E-state index contributed by atoms with van der Waals surface area (Å²) in [6.07, 6.45) is 3.22. The Morgan fingerprint density at radius 3 is 2.76 bits per heavy atom. The van der Waals surface area contributed by atoms with E-state index in [1.165, 1.54) is 12.4 Å². The van der Waals surface area contributed by atoms with Gasteiger partial charge >= 0.3 is 6.36 Å². The zero-order valence-corrected chi connectivity index (χ0v) is 18.1. The third-order valence-corrected chi connectivity index (χ3v) is 6.06. The summed E-state index contributed by atoms with van der Waals surface area (Å²) in [5.41, 5.74) is 1.47. The van der Waals surface area contributed by atoms with Crippen molar-refractivity contribution in [2.45, 2.75) is 44.5 Å². The monoisotopic (exact) mass is 460 g/mol. The number of ether oxygens (including phenoxy) is 2. The molecule has 0 spiro atoms. The van der Waals surface area contributed by atoms with Crippen LogP contribution in [0.5, 0.6) is 11.5 Å². The summed E-state index contributed by atoms with van der Waals surface area (Å²) in [4.78, 5) is 15.0. The van der Waals surface area contributed by atoms with Crippen LogP contribution in [0, 0.1) is 0 Å². The van der Waals surface area contributed by atoms with Crippen LogP contribution < -0.4 is 19.7 Å². The summed E-state index contributed by atoms with van der Waals surface area (Å²) in [5, 5.41) is 2.96. The molecule has 1 aliphatic carbocycles. The minimum atomic E-state index is -4.84. The average Bonchev–Trinajstić information content (AvgIpc) is 3.18. The van der Waals surface area contributed by atoms with Gasteiger partial charge in [0.05, 0.1) is 29.9 Å². The zero-order chi connectivity index (χ0) is 23.2. The lowest BCUT2D eigenvalue weighted by Crippen LogP contribution is -2.38. The molecule has 0 bridgehead atoms. The fraction of sp³-hybridized carbons (Fsp3) is 0.409. The molecule has 2 aliphatic rings. The SMILES string of the molecule is CC1COc2cnc(Nc3ccc(-n4cnc(C5CCC5)c4)c(OC(F)(F)F)c3)nc2N1C. The number of aromatic nitrogens is 4. The Balaban J connectivity index is 1.44. The predicted molar refractivity (Wildman–Crippen MR) is 116 cm³/mol. The number of anilines is 3. The van der Waals surface area contributed by atoms with E-state index in [1.807, 2.05) is 18.9 Å². The summed E-state index contributed by atoms with van der Waals surface area (Å²) < 4.78 is 51.0. The number of nitrogens with zero attached hydrogens (tertiary/aromatic N) is 5. The van der Waals surface area contributed by atoms with Crippen LogP contribution in [0.25, 0.3) is 5.69 Å². The molecular weight excluding hydrogens is 437 g/mol. The number of imidazole rings is 1. The van der Waals surface area contributed by atoms with Gasteiger partial charge in [0.2, 0.25) is 5.95 Å². The quantitative estimate of drug-likeness (QED) is 0.587. The van der Waals surface area contributed by atoms with Gasteiger partial charge in [-0.25, -0.2) is 9.97 Å². The molecule has 174 valence electrons. The molecule has 33 heavy (non-hydrogen) atoms. The second kappa shape index (κ2) is 8.13. The summed E-state index contributed by atoms with van der Waals surface area (Å²) in [6, 6.07) is 4.60. The minimum Gasteiger partial charge on any atom is -0.486 e. The van der Waals surface area contributed by atoms with Crippen LogP contribution in [0.2, 0.25) is 0 Å². The molecule has 3 heterocycles. The highest BCUT2D eigenvalue weighted by molar-refractivity contribution is 5.64. The van der Waals surface area contributed by atoms with Crippen molar-refractivity contribution >= 4 is 17.5 Å². The van der Waals surface area contributed by atoms with Crippen LogP contribution in [-0.4, -0.2) is 45.6 Å².